The molecule has 170 valence electrons. The van der Waals surface area contributed by atoms with Crippen LogP contribution in [0.15, 0.2) is 55.5 Å². The van der Waals surface area contributed by atoms with E-state index in [0.29, 0.717) is 0 Å². The summed E-state index contributed by atoms with van der Waals surface area (Å²) in [4.78, 5) is 53.0. The normalized spacial score (nSPS) is 20.1. The fourth-order valence-corrected chi connectivity index (χ4v) is 3.89. The van der Waals surface area contributed by atoms with Gasteiger partial charge in [-0.25, -0.2) is 4.57 Å². The first kappa shape index (κ1) is 10.1. The minimum Gasteiger partial charge on any atom is -0.277 e. The van der Waals surface area contributed by atoms with Crippen molar-refractivity contribution in [2.45, 2.75) is 34.3 Å². The lowest BCUT2D eigenvalue weighted by Crippen LogP contribution is -2.25. The van der Waals surface area contributed by atoms with Crippen molar-refractivity contribution >= 4 is 21.5 Å². The number of rotatable bonds is 2. The van der Waals surface area contributed by atoms with Gasteiger partial charge in [-0.05, 0) is 97.5 Å². The lowest BCUT2D eigenvalue weighted by Gasteiger charge is -2.15. The molecule has 5 aromatic rings. The molecule has 34 heavy (non-hydrogen) atoms. The van der Waals surface area contributed by atoms with E-state index >= 15 is 0 Å². The summed E-state index contributed by atoms with van der Waals surface area (Å²) in [7, 11) is 1.16. The van der Waals surface area contributed by atoms with Gasteiger partial charge in [0, 0.05) is 23.5 Å². The van der Waals surface area contributed by atoms with Gasteiger partial charge in [-0.3, -0.25) is 23.7 Å². The van der Waals surface area contributed by atoms with Crippen LogP contribution in [0.2, 0.25) is 0 Å². The summed E-state index contributed by atoms with van der Waals surface area (Å²) in [5.74, 6) is 0. The zero-order valence-electron chi connectivity index (χ0n) is 33.7. The molecule has 0 aliphatic heterocycles. The summed E-state index contributed by atoms with van der Waals surface area (Å²) in [6, 6.07) is -3.01. The van der Waals surface area contributed by atoms with Crippen LogP contribution in [-0.2, 0) is 7.05 Å². The monoisotopic (exact) mass is 468 g/mol. The van der Waals surface area contributed by atoms with Crippen molar-refractivity contribution in [3.05, 3.63) is 106 Å². The number of benzene rings is 3. The average Bonchev–Trinajstić information content (AvgIpc) is 3.29. The van der Waals surface area contributed by atoms with Crippen molar-refractivity contribution in [1.82, 2.24) is 9.13 Å². The molecule has 0 aliphatic carbocycles. The van der Waals surface area contributed by atoms with Gasteiger partial charge in [0.15, 0.2) is 0 Å². The van der Waals surface area contributed by atoms with Crippen molar-refractivity contribution in [2.75, 3.05) is 0 Å². The van der Waals surface area contributed by atoms with Gasteiger partial charge in [-0.15, -0.1) is 0 Å². The Morgan fingerprint density at radius 2 is 1.03 bits per heavy atom. The van der Waals surface area contributed by atoms with Gasteiger partial charge in [0.1, 0.15) is 0 Å². The molecule has 2 heterocycles. The highest BCUT2D eigenvalue weighted by Crippen LogP contribution is 2.30. The number of fused-ring (bicyclic) bond motifs is 2. The Bertz CT molecular complexity index is 2360. The predicted molar refractivity (Wildman–Crippen MR) is 136 cm³/mol. The fraction of sp³-hybridized carbons (Fsp3) is 0.214. The molecule has 6 heteroatoms. The third-order valence-electron chi connectivity index (χ3n) is 5.79. The van der Waals surface area contributed by atoms with Crippen LogP contribution in [0, 0.1) is 34.3 Å². The Morgan fingerprint density at radius 3 is 1.44 bits per heavy atom. The largest absolute Gasteiger partial charge is 0.277 e. The summed E-state index contributed by atoms with van der Waals surface area (Å²) < 4.78 is 134. The maximum Gasteiger partial charge on any atom is 0.266 e. The van der Waals surface area contributed by atoms with Crippen molar-refractivity contribution in [3.63, 3.8) is 0 Å². The second-order valence-corrected chi connectivity index (χ2v) is 7.78. The van der Waals surface area contributed by atoms with Gasteiger partial charge in [0.25, 0.3) is 22.2 Å². The Balaban J connectivity index is 2.10. The molecule has 0 radical (unpaired) electrons. The summed E-state index contributed by atoms with van der Waals surface area (Å²) >= 11 is 0. The van der Waals surface area contributed by atoms with E-state index in [1.807, 2.05) is 0 Å². The minimum atomic E-state index is -3.59. The van der Waals surface area contributed by atoms with Gasteiger partial charge in [0.05, 0.1) is 32.7 Å². The van der Waals surface area contributed by atoms with E-state index in [1.54, 1.807) is 0 Å². The van der Waals surface area contributed by atoms with Crippen LogP contribution in [-0.4, -0.2) is 9.13 Å². The van der Waals surface area contributed by atoms with Gasteiger partial charge >= 0.3 is 0 Å². The van der Waals surface area contributed by atoms with E-state index in [2.05, 4.69) is 0 Å². The van der Waals surface area contributed by atoms with Crippen LogP contribution in [0.1, 0.15) is 49.7 Å². The summed E-state index contributed by atoms with van der Waals surface area (Å²) in [5.41, 5.74) is -12.7. The molecule has 0 amide bonds. The Labute approximate surface area is 217 Å². The number of aromatic nitrogens is 2. The first-order valence-electron chi connectivity index (χ1n) is 17.8. The maximum absolute atomic E-state index is 13.9. The molecule has 0 saturated heterocycles. The molecule has 5 rings (SSSR count). The standard InChI is InChI=1S/C28H24N2O4/c1-13-7-18(8-14(2)17(13)5)19-9-15(3)24(16(4)10-19)30-27(33)22-11-20-21(12-23(22)28(30)34)26(32)29(6)25(20)31/h7-12H,1-6H3/i1D3,2D3,3D3,4D3,7D,8D,9D,10D. The molecular weight excluding hydrogens is 428 g/mol. The first-order chi connectivity index (χ1) is 22.6. The topological polar surface area (TPSA) is 78.1 Å². The predicted octanol–water partition coefficient (Wildman–Crippen LogP) is 3.65. The third-order valence-corrected chi connectivity index (χ3v) is 5.79. The zero-order valence-corrected chi connectivity index (χ0v) is 17.7. The zero-order chi connectivity index (χ0) is 38.1. The van der Waals surface area contributed by atoms with Gasteiger partial charge in [-0.1, -0.05) is 12.1 Å². The SMILES string of the molecule is [2H]c1c(-c2c([2H])c(C([2H])([2H])[2H])c(-n3c(=O)c4cc5c(=O)n(C)c(=O)c5cc4c3=O)c(C([2H])([2H])[2H])c2[2H])c([2H])c(C([2H])([2H])[2H])c(C)c1C([2H])([2H])[2H]. The quantitative estimate of drug-likeness (QED) is 0.396. The Morgan fingerprint density at radius 1 is 0.647 bits per heavy atom. The van der Waals surface area contributed by atoms with Gasteiger partial charge < -0.3 is 0 Å². The van der Waals surface area contributed by atoms with Crippen LogP contribution < -0.4 is 22.2 Å². The third kappa shape index (κ3) is 2.88. The van der Waals surface area contributed by atoms with Gasteiger partial charge in [-0.2, -0.15) is 0 Å². The van der Waals surface area contributed by atoms with Crippen molar-refractivity contribution in [3.8, 4) is 16.8 Å². The van der Waals surface area contributed by atoms with Gasteiger partial charge in [0.2, 0.25) is 0 Å². The maximum atomic E-state index is 13.9. The number of hydrogen-bond donors (Lipinski definition) is 0. The van der Waals surface area contributed by atoms with E-state index < -0.39 is 129 Å². The molecular formula is C28H24N2O4. The van der Waals surface area contributed by atoms with Crippen LogP contribution in [0.3, 0.4) is 0 Å². The summed E-state index contributed by atoms with van der Waals surface area (Å²) in [6.07, 6.45) is 0. The number of nitrogens with zero attached hydrogens (tertiary/aromatic N) is 2. The number of hydrogen-bond acceptors (Lipinski definition) is 4. The molecule has 0 saturated carbocycles. The lowest BCUT2D eigenvalue weighted by molar-refractivity contribution is 0.856. The summed E-state index contributed by atoms with van der Waals surface area (Å²) in [6.45, 7) is -12.6. The van der Waals surface area contributed by atoms with Crippen molar-refractivity contribution in [2.24, 2.45) is 7.05 Å². The highest BCUT2D eigenvalue weighted by Gasteiger charge is 2.21. The second kappa shape index (κ2) is 7.22. The molecule has 0 aliphatic rings. The molecule has 2 aromatic heterocycles. The van der Waals surface area contributed by atoms with E-state index in [1.165, 1.54) is 0 Å². The minimum absolute atomic E-state index is 0.0991. The Kier molecular flexibility index (Phi) is 2.13. The molecule has 0 unspecified atom stereocenters. The van der Waals surface area contributed by atoms with Crippen LogP contribution in [0.5, 0.6) is 0 Å². The highest BCUT2D eigenvalue weighted by molar-refractivity contribution is 5.98. The molecule has 0 spiro atoms. The fourth-order valence-electron chi connectivity index (χ4n) is 3.89. The van der Waals surface area contributed by atoms with Crippen LogP contribution in [0.25, 0.3) is 38.4 Å². The molecule has 0 atom stereocenters. The van der Waals surface area contributed by atoms with E-state index in [9.17, 15) is 19.2 Å². The molecule has 0 bridgehead atoms. The van der Waals surface area contributed by atoms with E-state index in [0.717, 1.165) is 30.7 Å². The molecule has 0 N–H and O–H groups in total. The highest BCUT2D eigenvalue weighted by atomic mass is 16.2. The van der Waals surface area contributed by atoms with Crippen molar-refractivity contribution < 1.29 is 21.9 Å². The van der Waals surface area contributed by atoms with Crippen LogP contribution in [0.4, 0.5) is 0 Å². The molecule has 0 fully saturated rings. The Hall–Kier alpha value is -4.06. The molecule has 3 aromatic carbocycles. The lowest BCUT2D eigenvalue weighted by atomic mass is 9.94. The average molecular weight is 469 g/mol. The second-order valence-electron chi connectivity index (χ2n) is 7.78. The molecule has 6 nitrogen and oxygen atoms in total. The van der Waals surface area contributed by atoms with E-state index in [-0.39, 0.29) is 15.3 Å². The first-order valence-corrected chi connectivity index (χ1v) is 9.79. The smallest absolute Gasteiger partial charge is 0.266 e. The van der Waals surface area contributed by atoms with Crippen LogP contribution >= 0.6 is 0 Å². The van der Waals surface area contributed by atoms with Crippen molar-refractivity contribution in [1.29, 1.82) is 0 Å². The van der Waals surface area contributed by atoms with E-state index in [4.69, 9.17) is 21.9 Å². The summed E-state index contributed by atoms with van der Waals surface area (Å²) in [5, 5.41) is -1.59.